The summed E-state index contributed by atoms with van der Waals surface area (Å²) in [4.78, 5) is 0. The van der Waals surface area contributed by atoms with E-state index in [1.54, 1.807) is 27.2 Å². The van der Waals surface area contributed by atoms with E-state index < -0.39 is 5.60 Å². The molecule has 1 unspecified atom stereocenters. The number of nitrogens with one attached hydrogen (secondary N) is 1. The second-order valence-corrected chi connectivity index (χ2v) is 5.94. The molecule has 4 heteroatoms. The van der Waals surface area contributed by atoms with Gasteiger partial charge in [0.05, 0.1) is 14.2 Å². The Balaban J connectivity index is 3.04. The van der Waals surface area contributed by atoms with Gasteiger partial charge < -0.3 is 19.9 Å². The fourth-order valence-electron chi connectivity index (χ4n) is 1.77. The van der Waals surface area contributed by atoms with Crippen molar-refractivity contribution in [2.24, 2.45) is 0 Å². The highest BCUT2D eigenvalue weighted by Gasteiger charge is 2.28. The van der Waals surface area contributed by atoms with E-state index in [0.29, 0.717) is 23.6 Å². The fraction of sp³-hybridized carbons (Fsp3) is 0.600. The third-order valence-corrected chi connectivity index (χ3v) is 2.95. The molecule has 0 aliphatic heterocycles. The molecular formula is C15H25NO3. The first kappa shape index (κ1) is 15.8. The van der Waals surface area contributed by atoms with Gasteiger partial charge in [-0.25, -0.2) is 0 Å². The van der Waals surface area contributed by atoms with Crippen molar-refractivity contribution in [1.82, 2.24) is 5.32 Å². The second kappa shape index (κ2) is 5.80. The summed E-state index contributed by atoms with van der Waals surface area (Å²) in [6.45, 7) is 8.38. The lowest BCUT2D eigenvalue weighted by Gasteiger charge is -2.31. The summed E-state index contributed by atoms with van der Waals surface area (Å²) in [7, 11) is 3.20. The number of hydrogen-bond donors (Lipinski definition) is 2. The summed E-state index contributed by atoms with van der Waals surface area (Å²) in [5.41, 5.74) is -0.380. The van der Waals surface area contributed by atoms with Crippen LogP contribution in [0.2, 0.25) is 0 Å². The average molecular weight is 267 g/mol. The monoisotopic (exact) mass is 267 g/mol. The minimum absolute atomic E-state index is 0.0594. The first-order chi connectivity index (χ1) is 8.69. The standard InChI is InChI=1S/C15H25NO3/c1-14(2,3)16-10-15(4,17)12-9-11(18-5)7-8-13(12)19-6/h7-9,16-17H,10H2,1-6H3. The lowest BCUT2D eigenvalue weighted by Crippen LogP contribution is -2.44. The van der Waals surface area contributed by atoms with Crippen molar-refractivity contribution in [2.75, 3.05) is 20.8 Å². The summed E-state index contributed by atoms with van der Waals surface area (Å²) < 4.78 is 10.5. The summed E-state index contributed by atoms with van der Waals surface area (Å²) >= 11 is 0. The molecule has 0 aliphatic rings. The quantitative estimate of drug-likeness (QED) is 0.859. The Bertz CT molecular complexity index is 422. The largest absolute Gasteiger partial charge is 0.497 e. The summed E-state index contributed by atoms with van der Waals surface area (Å²) in [5.74, 6) is 1.35. The van der Waals surface area contributed by atoms with Crippen LogP contribution in [0.15, 0.2) is 18.2 Å². The van der Waals surface area contributed by atoms with Crippen molar-refractivity contribution in [1.29, 1.82) is 0 Å². The highest BCUT2D eigenvalue weighted by atomic mass is 16.5. The molecular weight excluding hydrogens is 242 g/mol. The van der Waals surface area contributed by atoms with Crippen molar-refractivity contribution in [3.8, 4) is 11.5 Å². The molecule has 0 aromatic heterocycles. The molecule has 1 aromatic rings. The van der Waals surface area contributed by atoms with E-state index in [9.17, 15) is 5.11 Å². The van der Waals surface area contributed by atoms with Gasteiger partial charge in [-0.05, 0) is 45.9 Å². The summed E-state index contributed by atoms with van der Waals surface area (Å²) in [6.07, 6.45) is 0. The number of β-amino-alcohol motifs (C(OH)–C–C–N with tert-alkyl or cyclic N) is 1. The SMILES string of the molecule is COc1ccc(OC)c(C(C)(O)CNC(C)(C)C)c1. The molecule has 0 saturated carbocycles. The molecule has 0 saturated heterocycles. The molecule has 1 aromatic carbocycles. The van der Waals surface area contributed by atoms with Crippen LogP contribution in [0.4, 0.5) is 0 Å². The summed E-state index contributed by atoms with van der Waals surface area (Å²) in [5, 5.41) is 14.0. The number of methoxy groups -OCH3 is 2. The maximum absolute atomic E-state index is 10.7. The predicted octanol–water partition coefficient (Wildman–Crippen LogP) is 2.30. The molecule has 0 amide bonds. The first-order valence-electron chi connectivity index (χ1n) is 6.39. The van der Waals surface area contributed by atoms with Gasteiger partial charge in [-0.3, -0.25) is 0 Å². The van der Waals surface area contributed by atoms with Gasteiger partial charge in [0.2, 0.25) is 0 Å². The Labute approximate surface area is 115 Å². The molecule has 108 valence electrons. The molecule has 0 spiro atoms. The van der Waals surface area contributed by atoms with Crippen molar-refractivity contribution < 1.29 is 14.6 Å². The van der Waals surface area contributed by atoms with E-state index in [4.69, 9.17) is 9.47 Å². The Kier molecular flexibility index (Phi) is 4.82. The van der Waals surface area contributed by atoms with E-state index in [-0.39, 0.29) is 5.54 Å². The molecule has 0 aliphatic carbocycles. The number of ether oxygens (including phenoxy) is 2. The van der Waals surface area contributed by atoms with Crippen LogP contribution in [0.25, 0.3) is 0 Å². The Morgan fingerprint density at radius 3 is 2.21 bits per heavy atom. The smallest absolute Gasteiger partial charge is 0.125 e. The second-order valence-electron chi connectivity index (χ2n) is 5.94. The van der Waals surface area contributed by atoms with E-state index in [0.717, 1.165) is 0 Å². The molecule has 0 radical (unpaired) electrons. The number of benzene rings is 1. The van der Waals surface area contributed by atoms with E-state index in [1.807, 2.05) is 12.1 Å². The fourth-order valence-corrected chi connectivity index (χ4v) is 1.77. The lowest BCUT2D eigenvalue weighted by molar-refractivity contribution is 0.0475. The third-order valence-electron chi connectivity index (χ3n) is 2.95. The van der Waals surface area contributed by atoms with E-state index >= 15 is 0 Å². The topological polar surface area (TPSA) is 50.7 Å². The summed E-state index contributed by atoms with van der Waals surface area (Å²) in [6, 6.07) is 5.43. The Morgan fingerprint density at radius 1 is 1.11 bits per heavy atom. The van der Waals surface area contributed by atoms with Crippen LogP contribution in [0, 0.1) is 0 Å². The van der Waals surface area contributed by atoms with E-state index in [2.05, 4.69) is 26.1 Å². The van der Waals surface area contributed by atoms with Crippen molar-refractivity contribution in [3.63, 3.8) is 0 Å². The van der Waals surface area contributed by atoms with Crippen LogP contribution < -0.4 is 14.8 Å². The van der Waals surface area contributed by atoms with Gasteiger partial charge in [-0.1, -0.05) is 0 Å². The van der Waals surface area contributed by atoms with Crippen LogP contribution in [-0.4, -0.2) is 31.4 Å². The zero-order chi connectivity index (χ0) is 14.7. The zero-order valence-corrected chi connectivity index (χ0v) is 12.7. The molecule has 4 nitrogen and oxygen atoms in total. The number of aliphatic hydroxyl groups is 1. The number of rotatable bonds is 5. The molecule has 1 atom stereocenters. The third kappa shape index (κ3) is 4.40. The van der Waals surface area contributed by atoms with Crippen LogP contribution >= 0.6 is 0 Å². The van der Waals surface area contributed by atoms with Gasteiger partial charge in [0.1, 0.15) is 17.1 Å². The van der Waals surface area contributed by atoms with Gasteiger partial charge in [0.25, 0.3) is 0 Å². The highest BCUT2D eigenvalue weighted by Crippen LogP contribution is 2.33. The van der Waals surface area contributed by atoms with Crippen molar-refractivity contribution >= 4 is 0 Å². The van der Waals surface area contributed by atoms with E-state index in [1.165, 1.54) is 0 Å². The molecule has 0 bridgehead atoms. The molecule has 19 heavy (non-hydrogen) atoms. The molecule has 1 rings (SSSR count). The van der Waals surface area contributed by atoms with Gasteiger partial charge in [0.15, 0.2) is 0 Å². The Morgan fingerprint density at radius 2 is 1.74 bits per heavy atom. The average Bonchev–Trinajstić information content (AvgIpc) is 2.35. The molecule has 2 N–H and O–H groups in total. The van der Waals surface area contributed by atoms with Crippen LogP contribution in [-0.2, 0) is 5.60 Å². The Hall–Kier alpha value is -1.26. The van der Waals surface area contributed by atoms with Gasteiger partial charge in [-0.15, -0.1) is 0 Å². The van der Waals surface area contributed by atoms with Crippen molar-refractivity contribution in [3.05, 3.63) is 23.8 Å². The molecule has 0 heterocycles. The first-order valence-corrected chi connectivity index (χ1v) is 6.39. The minimum atomic E-state index is -1.03. The van der Waals surface area contributed by atoms with Gasteiger partial charge >= 0.3 is 0 Å². The lowest BCUT2D eigenvalue weighted by atomic mass is 9.93. The zero-order valence-electron chi connectivity index (χ0n) is 12.7. The van der Waals surface area contributed by atoms with Gasteiger partial charge in [0, 0.05) is 17.6 Å². The van der Waals surface area contributed by atoms with Crippen molar-refractivity contribution in [2.45, 2.75) is 38.8 Å². The normalized spacial score (nSPS) is 14.9. The predicted molar refractivity (Wildman–Crippen MR) is 76.9 cm³/mol. The maximum Gasteiger partial charge on any atom is 0.125 e. The van der Waals surface area contributed by atoms with Crippen LogP contribution in [0.3, 0.4) is 0 Å². The van der Waals surface area contributed by atoms with Crippen LogP contribution in [0.5, 0.6) is 11.5 Å². The molecule has 0 fully saturated rings. The number of hydrogen-bond acceptors (Lipinski definition) is 4. The highest BCUT2D eigenvalue weighted by molar-refractivity contribution is 5.43. The van der Waals surface area contributed by atoms with Crippen LogP contribution in [0.1, 0.15) is 33.3 Å². The maximum atomic E-state index is 10.7. The van der Waals surface area contributed by atoms with Gasteiger partial charge in [-0.2, -0.15) is 0 Å². The minimum Gasteiger partial charge on any atom is -0.497 e.